The van der Waals surface area contributed by atoms with Crippen molar-refractivity contribution in [3.8, 4) is 11.5 Å². The van der Waals surface area contributed by atoms with Crippen molar-refractivity contribution in [1.29, 1.82) is 0 Å². The zero-order valence-corrected chi connectivity index (χ0v) is 20.8. The van der Waals surface area contributed by atoms with E-state index in [0.717, 1.165) is 44.7 Å². The predicted octanol–water partition coefficient (Wildman–Crippen LogP) is 4.33. The van der Waals surface area contributed by atoms with Crippen molar-refractivity contribution in [2.24, 2.45) is 0 Å². The van der Waals surface area contributed by atoms with Gasteiger partial charge in [-0.2, -0.15) is 0 Å². The normalized spacial score (nSPS) is 14.8. The highest BCUT2D eigenvalue weighted by Crippen LogP contribution is 2.29. The number of ether oxygens (including phenoxy) is 1. The minimum atomic E-state index is -0.125. The Morgan fingerprint density at radius 3 is 2.22 bits per heavy atom. The highest BCUT2D eigenvalue weighted by atomic mass is 16.5. The first kappa shape index (κ1) is 25.5. The van der Waals surface area contributed by atoms with Gasteiger partial charge in [0.2, 0.25) is 5.91 Å². The van der Waals surface area contributed by atoms with Crippen LogP contribution in [0.15, 0.2) is 84.9 Å². The molecule has 0 aliphatic carbocycles. The Bertz CT molecular complexity index is 1090. The van der Waals surface area contributed by atoms with Crippen LogP contribution in [-0.4, -0.2) is 67.2 Å². The molecule has 0 radical (unpaired) electrons. The second-order valence-electron chi connectivity index (χ2n) is 9.01. The summed E-state index contributed by atoms with van der Waals surface area (Å²) in [4.78, 5) is 17.2. The van der Waals surface area contributed by atoms with E-state index >= 15 is 0 Å². The molecule has 1 aliphatic rings. The molecule has 1 amide bonds. The third-order valence-corrected chi connectivity index (χ3v) is 6.58. The van der Waals surface area contributed by atoms with Crippen LogP contribution in [0, 0.1) is 0 Å². The zero-order valence-electron chi connectivity index (χ0n) is 20.8. The van der Waals surface area contributed by atoms with Crippen LogP contribution in [0.5, 0.6) is 11.5 Å². The van der Waals surface area contributed by atoms with Crippen molar-refractivity contribution in [3.05, 3.63) is 102 Å². The molecule has 0 spiro atoms. The summed E-state index contributed by atoms with van der Waals surface area (Å²) in [6, 6.07) is 26.8. The van der Waals surface area contributed by atoms with E-state index in [1.54, 1.807) is 24.3 Å². The number of aromatic hydroxyl groups is 1. The standard InChI is InChI=1S/C30H35N3O3/c1-36-28-23-24(13-15-27(28)34)14-16-29(35)31-17-8-18-32-19-21-33(22-20-32)30(25-9-4-2-5-10-25)26-11-6-3-7-12-26/h2-7,9-16,23,30,34H,8,17-22H2,1H3,(H,31,35)/b16-14+. The van der Waals surface area contributed by atoms with Crippen LogP contribution >= 0.6 is 0 Å². The number of piperazine rings is 1. The molecule has 0 unspecified atom stereocenters. The van der Waals surface area contributed by atoms with Gasteiger partial charge in [-0.1, -0.05) is 66.7 Å². The second-order valence-corrected chi connectivity index (χ2v) is 9.01. The maximum absolute atomic E-state index is 12.2. The molecule has 1 aliphatic heterocycles. The Balaban J connectivity index is 1.21. The SMILES string of the molecule is COc1cc(/C=C/C(=O)NCCCN2CCN(C(c3ccccc3)c3ccccc3)CC2)ccc1O. The number of phenols is 1. The van der Waals surface area contributed by atoms with E-state index in [2.05, 4.69) is 75.8 Å². The minimum Gasteiger partial charge on any atom is -0.504 e. The van der Waals surface area contributed by atoms with Crippen LogP contribution in [0.4, 0.5) is 0 Å². The maximum Gasteiger partial charge on any atom is 0.243 e. The van der Waals surface area contributed by atoms with Crippen LogP contribution < -0.4 is 10.1 Å². The smallest absolute Gasteiger partial charge is 0.243 e. The molecule has 0 saturated carbocycles. The number of phenolic OH excluding ortho intramolecular Hbond substituents is 1. The first-order valence-corrected chi connectivity index (χ1v) is 12.5. The number of hydrogen-bond donors (Lipinski definition) is 2. The molecule has 3 aromatic carbocycles. The molecule has 1 saturated heterocycles. The lowest BCUT2D eigenvalue weighted by Gasteiger charge is -2.39. The van der Waals surface area contributed by atoms with Crippen molar-refractivity contribution < 1.29 is 14.6 Å². The van der Waals surface area contributed by atoms with Crippen molar-refractivity contribution in [2.75, 3.05) is 46.4 Å². The molecule has 6 heteroatoms. The molecule has 1 heterocycles. The van der Waals surface area contributed by atoms with Gasteiger partial charge in [0, 0.05) is 38.8 Å². The largest absolute Gasteiger partial charge is 0.504 e. The third kappa shape index (κ3) is 6.97. The Labute approximate surface area is 213 Å². The minimum absolute atomic E-state index is 0.0792. The fraction of sp³-hybridized carbons (Fsp3) is 0.300. The monoisotopic (exact) mass is 485 g/mol. The predicted molar refractivity (Wildman–Crippen MR) is 144 cm³/mol. The summed E-state index contributed by atoms with van der Waals surface area (Å²) in [7, 11) is 1.50. The van der Waals surface area contributed by atoms with Crippen molar-refractivity contribution in [3.63, 3.8) is 0 Å². The molecule has 0 atom stereocenters. The van der Waals surface area contributed by atoms with Crippen LogP contribution in [0.1, 0.15) is 29.2 Å². The van der Waals surface area contributed by atoms with E-state index in [-0.39, 0.29) is 17.7 Å². The van der Waals surface area contributed by atoms with Gasteiger partial charge in [-0.15, -0.1) is 0 Å². The van der Waals surface area contributed by atoms with E-state index in [9.17, 15) is 9.90 Å². The molecule has 36 heavy (non-hydrogen) atoms. The summed E-state index contributed by atoms with van der Waals surface area (Å²) in [5.74, 6) is 0.340. The molecular formula is C30H35N3O3. The maximum atomic E-state index is 12.2. The van der Waals surface area contributed by atoms with Gasteiger partial charge in [-0.3, -0.25) is 9.69 Å². The van der Waals surface area contributed by atoms with E-state index in [0.29, 0.717) is 12.3 Å². The average molecular weight is 486 g/mol. The quantitative estimate of drug-likeness (QED) is 0.331. The van der Waals surface area contributed by atoms with Crippen LogP contribution in [0.25, 0.3) is 6.08 Å². The number of hydrogen-bond acceptors (Lipinski definition) is 5. The lowest BCUT2D eigenvalue weighted by atomic mass is 9.96. The molecule has 0 bridgehead atoms. The Morgan fingerprint density at radius 1 is 0.972 bits per heavy atom. The van der Waals surface area contributed by atoms with Gasteiger partial charge in [0.15, 0.2) is 11.5 Å². The fourth-order valence-electron chi connectivity index (χ4n) is 4.67. The van der Waals surface area contributed by atoms with Crippen LogP contribution in [-0.2, 0) is 4.79 Å². The summed E-state index contributed by atoms with van der Waals surface area (Å²) in [6.45, 7) is 5.67. The molecular weight excluding hydrogens is 450 g/mol. The van der Waals surface area contributed by atoms with Crippen molar-refractivity contribution in [2.45, 2.75) is 12.5 Å². The zero-order chi connectivity index (χ0) is 25.2. The molecule has 0 aromatic heterocycles. The van der Waals surface area contributed by atoms with Crippen LogP contribution in [0.3, 0.4) is 0 Å². The highest BCUT2D eigenvalue weighted by Gasteiger charge is 2.26. The summed E-state index contributed by atoms with van der Waals surface area (Å²) in [5, 5.41) is 12.6. The number of nitrogens with one attached hydrogen (secondary N) is 1. The van der Waals surface area contributed by atoms with Gasteiger partial charge >= 0.3 is 0 Å². The van der Waals surface area contributed by atoms with Gasteiger partial charge in [0.1, 0.15) is 0 Å². The number of carbonyl (C=O) groups excluding carboxylic acids is 1. The Kier molecular flexibility index (Phi) is 9.14. The van der Waals surface area contributed by atoms with Gasteiger partial charge in [0.25, 0.3) is 0 Å². The summed E-state index contributed by atoms with van der Waals surface area (Å²) >= 11 is 0. The number of nitrogens with zero attached hydrogens (tertiary/aromatic N) is 2. The van der Waals surface area contributed by atoms with Crippen LogP contribution in [0.2, 0.25) is 0 Å². The molecule has 6 nitrogen and oxygen atoms in total. The fourth-order valence-corrected chi connectivity index (χ4v) is 4.67. The van der Waals surface area contributed by atoms with Crippen molar-refractivity contribution in [1.82, 2.24) is 15.1 Å². The molecule has 2 N–H and O–H groups in total. The first-order valence-electron chi connectivity index (χ1n) is 12.5. The molecule has 3 aromatic rings. The molecule has 4 rings (SSSR count). The number of methoxy groups -OCH3 is 1. The average Bonchev–Trinajstić information content (AvgIpc) is 2.93. The lowest BCUT2D eigenvalue weighted by Crippen LogP contribution is -2.48. The summed E-state index contributed by atoms with van der Waals surface area (Å²) in [6.07, 6.45) is 4.14. The van der Waals surface area contributed by atoms with Crippen molar-refractivity contribution >= 4 is 12.0 Å². The van der Waals surface area contributed by atoms with Gasteiger partial charge in [-0.25, -0.2) is 0 Å². The number of carbonyl (C=O) groups is 1. The van der Waals surface area contributed by atoms with E-state index in [1.807, 2.05) is 0 Å². The first-order chi connectivity index (χ1) is 17.6. The summed E-state index contributed by atoms with van der Waals surface area (Å²) in [5.41, 5.74) is 3.46. The van der Waals surface area contributed by atoms with Gasteiger partial charge < -0.3 is 20.1 Å². The van der Waals surface area contributed by atoms with E-state index < -0.39 is 0 Å². The number of benzene rings is 3. The number of rotatable bonds is 10. The summed E-state index contributed by atoms with van der Waals surface area (Å²) < 4.78 is 5.10. The van der Waals surface area contributed by atoms with E-state index in [1.165, 1.54) is 24.3 Å². The number of amides is 1. The second kappa shape index (κ2) is 12.9. The third-order valence-electron chi connectivity index (χ3n) is 6.58. The Hall–Kier alpha value is -3.61. The van der Waals surface area contributed by atoms with E-state index in [4.69, 9.17) is 4.74 Å². The highest BCUT2D eigenvalue weighted by molar-refractivity contribution is 5.91. The van der Waals surface area contributed by atoms with Gasteiger partial charge in [-0.05, 0) is 47.9 Å². The Morgan fingerprint density at radius 2 is 1.61 bits per heavy atom. The molecule has 188 valence electrons. The topological polar surface area (TPSA) is 65.0 Å². The lowest BCUT2D eigenvalue weighted by molar-refractivity contribution is -0.116. The molecule has 1 fully saturated rings. The van der Waals surface area contributed by atoms with Gasteiger partial charge in [0.05, 0.1) is 13.2 Å².